The summed E-state index contributed by atoms with van der Waals surface area (Å²) in [5.74, 6) is 0.0653. The summed E-state index contributed by atoms with van der Waals surface area (Å²) in [6, 6.07) is 10.0. The molecule has 2 aliphatic rings. The third-order valence-corrected chi connectivity index (χ3v) is 6.16. The van der Waals surface area contributed by atoms with Crippen molar-refractivity contribution in [3.8, 4) is 0 Å². The second kappa shape index (κ2) is 6.19. The van der Waals surface area contributed by atoms with Crippen LogP contribution in [-0.4, -0.2) is 30.6 Å². The number of thiophene rings is 1. The third kappa shape index (κ3) is 2.91. The Balaban J connectivity index is 1.51. The van der Waals surface area contributed by atoms with Crippen LogP contribution in [0.4, 0.5) is 10.5 Å². The van der Waals surface area contributed by atoms with Gasteiger partial charge in [-0.1, -0.05) is 12.1 Å². The van der Waals surface area contributed by atoms with Gasteiger partial charge in [-0.25, -0.2) is 4.79 Å². The van der Waals surface area contributed by atoms with Crippen molar-refractivity contribution in [1.82, 2.24) is 4.90 Å². The van der Waals surface area contributed by atoms with Crippen LogP contribution in [-0.2, 0) is 27.9 Å². The molecule has 0 spiro atoms. The van der Waals surface area contributed by atoms with E-state index in [1.54, 1.807) is 16.2 Å². The fourth-order valence-corrected chi connectivity index (χ4v) is 4.42. The Morgan fingerprint density at radius 2 is 2.08 bits per heavy atom. The quantitative estimate of drug-likeness (QED) is 0.915. The first-order valence-electron chi connectivity index (χ1n) is 8.42. The topological polar surface area (TPSA) is 58.6 Å². The van der Waals surface area contributed by atoms with Gasteiger partial charge in [-0.15, -0.1) is 11.3 Å². The average Bonchev–Trinajstić information content (AvgIpc) is 3.27. The van der Waals surface area contributed by atoms with Crippen LogP contribution in [0.2, 0.25) is 0 Å². The molecule has 1 N–H and O–H groups in total. The number of carbonyl (C=O) groups excluding carboxylic acids is 2. The molecule has 130 valence electrons. The van der Waals surface area contributed by atoms with Crippen molar-refractivity contribution in [2.24, 2.45) is 0 Å². The van der Waals surface area contributed by atoms with Gasteiger partial charge >= 0.3 is 6.09 Å². The number of nitrogens with one attached hydrogen (secondary N) is 1. The zero-order chi connectivity index (χ0) is 17.4. The Labute approximate surface area is 150 Å². The minimum atomic E-state index is -0.345. The summed E-state index contributed by atoms with van der Waals surface area (Å²) >= 11 is 1.64. The van der Waals surface area contributed by atoms with E-state index < -0.39 is 0 Å². The summed E-state index contributed by atoms with van der Waals surface area (Å²) in [6.45, 7) is 1.18. The second-order valence-corrected chi connectivity index (χ2v) is 7.59. The number of fused-ring (bicyclic) bond motifs is 1. The van der Waals surface area contributed by atoms with E-state index in [4.69, 9.17) is 4.74 Å². The van der Waals surface area contributed by atoms with Crippen LogP contribution < -0.4 is 5.32 Å². The van der Waals surface area contributed by atoms with Gasteiger partial charge in [0.2, 0.25) is 5.91 Å². The zero-order valence-electron chi connectivity index (χ0n) is 14.1. The van der Waals surface area contributed by atoms with Crippen molar-refractivity contribution in [1.29, 1.82) is 0 Å². The average molecular weight is 356 g/mol. The lowest BCUT2D eigenvalue weighted by molar-refractivity contribution is -0.118. The Bertz CT molecular complexity index is 812. The van der Waals surface area contributed by atoms with E-state index in [2.05, 4.69) is 5.32 Å². The summed E-state index contributed by atoms with van der Waals surface area (Å²) in [5, 5.41) is 5.09. The number of ether oxygens (including phenoxy) is 1. The number of hydrogen-bond acceptors (Lipinski definition) is 4. The predicted octanol–water partition coefficient (Wildman–Crippen LogP) is 3.54. The third-order valence-electron chi connectivity index (χ3n) is 5.09. The lowest BCUT2D eigenvalue weighted by Crippen LogP contribution is -2.35. The van der Waals surface area contributed by atoms with Crippen LogP contribution in [0.1, 0.15) is 28.8 Å². The molecule has 0 radical (unpaired) electrons. The summed E-state index contributed by atoms with van der Waals surface area (Å²) in [4.78, 5) is 27.4. The highest BCUT2D eigenvalue weighted by Gasteiger charge is 2.52. The van der Waals surface area contributed by atoms with Crippen molar-refractivity contribution in [3.05, 3.63) is 51.7 Å². The van der Waals surface area contributed by atoms with E-state index in [-0.39, 0.29) is 17.4 Å². The lowest BCUT2D eigenvalue weighted by atomic mass is 9.98. The molecule has 1 saturated carbocycles. The van der Waals surface area contributed by atoms with E-state index in [0.29, 0.717) is 13.1 Å². The van der Waals surface area contributed by atoms with Crippen molar-refractivity contribution in [2.75, 3.05) is 19.0 Å². The Hall–Kier alpha value is -2.34. The molecule has 1 aromatic carbocycles. The van der Waals surface area contributed by atoms with Crippen molar-refractivity contribution < 1.29 is 14.3 Å². The van der Waals surface area contributed by atoms with Crippen LogP contribution in [0.25, 0.3) is 0 Å². The molecule has 4 rings (SSSR count). The van der Waals surface area contributed by atoms with Crippen LogP contribution >= 0.6 is 11.3 Å². The van der Waals surface area contributed by atoms with E-state index in [1.807, 2.05) is 35.7 Å². The molecule has 0 unspecified atom stereocenters. The second-order valence-electron chi connectivity index (χ2n) is 6.64. The van der Waals surface area contributed by atoms with Gasteiger partial charge in [0.25, 0.3) is 0 Å². The molecule has 5 nitrogen and oxygen atoms in total. The molecule has 25 heavy (non-hydrogen) atoms. The molecule has 2 heterocycles. The maximum absolute atomic E-state index is 12.8. The van der Waals surface area contributed by atoms with Gasteiger partial charge in [0.15, 0.2) is 0 Å². The van der Waals surface area contributed by atoms with E-state index >= 15 is 0 Å². The first kappa shape index (κ1) is 16.1. The van der Waals surface area contributed by atoms with Crippen molar-refractivity contribution in [3.63, 3.8) is 0 Å². The number of anilines is 1. The standard InChI is InChI=1S/C19H20N2O3S/c1-24-18(23)21-9-6-13-4-5-15(11-14(13)12-21)20-17(22)19(7-8-19)16-3-2-10-25-16/h2-5,10-11H,6-9,12H2,1H3,(H,20,22). The highest BCUT2D eigenvalue weighted by molar-refractivity contribution is 7.10. The Morgan fingerprint density at radius 3 is 2.76 bits per heavy atom. The fraction of sp³-hybridized carbons (Fsp3) is 0.368. The SMILES string of the molecule is COC(=O)N1CCc2ccc(NC(=O)C3(c4cccs4)CC3)cc2C1. The molecule has 1 aliphatic heterocycles. The molecule has 1 fully saturated rings. The minimum Gasteiger partial charge on any atom is -0.453 e. The normalized spacial score (nSPS) is 17.6. The molecule has 2 aromatic rings. The highest BCUT2D eigenvalue weighted by Crippen LogP contribution is 2.50. The first-order chi connectivity index (χ1) is 12.1. The summed E-state index contributed by atoms with van der Waals surface area (Å²) in [7, 11) is 1.40. The van der Waals surface area contributed by atoms with Gasteiger partial charge in [0.05, 0.1) is 12.5 Å². The predicted molar refractivity (Wildman–Crippen MR) is 96.8 cm³/mol. The van der Waals surface area contributed by atoms with E-state index in [9.17, 15) is 9.59 Å². The zero-order valence-corrected chi connectivity index (χ0v) is 14.9. The van der Waals surface area contributed by atoms with Crippen LogP contribution in [0.3, 0.4) is 0 Å². The maximum Gasteiger partial charge on any atom is 0.409 e. The van der Waals surface area contributed by atoms with Gasteiger partial charge in [0, 0.05) is 23.7 Å². The van der Waals surface area contributed by atoms with E-state index in [1.165, 1.54) is 12.7 Å². The molecule has 0 bridgehead atoms. The lowest BCUT2D eigenvalue weighted by Gasteiger charge is -2.28. The van der Waals surface area contributed by atoms with Crippen LogP contribution in [0.15, 0.2) is 35.7 Å². The number of rotatable bonds is 3. The number of benzene rings is 1. The number of carbonyl (C=O) groups is 2. The molecular formula is C19H20N2O3S. The van der Waals surface area contributed by atoms with Gasteiger partial charge in [0.1, 0.15) is 0 Å². The first-order valence-corrected chi connectivity index (χ1v) is 9.30. The van der Waals surface area contributed by atoms with Gasteiger partial charge in [-0.2, -0.15) is 0 Å². The molecule has 1 aliphatic carbocycles. The number of amides is 2. The maximum atomic E-state index is 12.8. The summed E-state index contributed by atoms with van der Waals surface area (Å²) in [5.41, 5.74) is 2.73. The fourth-order valence-electron chi connectivity index (χ4n) is 3.43. The minimum absolute atomic E-state index is 0.0653. The largest absolute Gasteiger partial charge is 0.453 e. The Morgan fingerprint density at radius 1 is 1.24 bits per heavy atom. The van der Waals surface area contributed by atoms with Gasteiger partial charge in [-0.05, 0) is 54.0 Å². The Kier molecular flexibility index (Phi) is 4.00. The van der Waals surface area contributed by atoms with Crippen LogP contribution in [0, 0.1) is 0 Å². The summed E-state index contributed by atoms with van der Waals surface area (Å²) in [6.07, 6.45) is 2.30. The molecule has 1 aromatic heterocycles. The highest BCUT2D eigenvalue weighted by atomic mass is 32.1. The monoisotopic (exact) mass is 356 g/mol. The van der Waals surface area contributed by atoms with Gasteiger partial charge < -0.3 is 15.0 Å². The van der Waals surface area contributed by atoms with E-state index in [0.717, 1.165) is 35.4 Å². The summed E-state index contributed by atoms with van der Waals surface area (Å²) < 4.78 is 4.81. The molecule has 0 saturated heterocycles. The smallest absolute Gasteiger partial charge is 0.409 e. The number of hydrogen-bond donors (Lipinski definition) is 1. The number of nitrogens with zero attached hydrogens (tertiary/aromatic N) is 1. The van der Waals surface area contributed by atoms with Crippen molar-refractivity contribution in [2.45, 2.75) is 31.2 Å². The van der Waals surface area contributed by atoms with Crippen molar-refractivity contribution >= 4 is 29.0 Å². The van der Waals surface area contributed by atoms with Crippen LogP contribution in [0.5, 0.6) is 0 Å². The number of methoxy groups -OCH3 is 1. The van der Waals surface area contributed by atoms with Gasteiger partial charge in [-0.3, -0.25) is 4.79 Å². The molecule has 2 amide bonds. The molecular weight excluding hydrogens is 336 g/mol. The molecule has 6 heteroatoms. The molecule has 0 atom stereocenters.